The Labute approximate surface area is 160 Å². The van der Waals surface area contributed by atoms with Gasteiger partial charge in [-0.1, -0.05) is 116 Å². The highest BCUT2D eigenvalue weighted by Crippen LogP contribution is 2.14. The summed E-state index contributed by atoms with van der Waals surface area (Å²) in [6.45, 7) is 6.42. The molecule has 1 nitrogen and oxygen atoms in total. The Bertz CT molecular complexity index is 236. The molecular formula is C24H49N. The Morgan fingerprint density at radius 1 is 0.440 bits per heavy atom. The largest absolute Gasteiger partial charge is 0.303 e. The van der Waals surface area contributed by atoms with Crippen LogP contribution < -0.4 is 0 Å². The first-order valence-corrected chi connectivity index (χ1v) is 12.2. The molecule has 1 aliphatic heterocycles. The molecule has 0 spiro atoms. The molecule has 0 amide bonds. The lowest BCUT2D eigenvalue weighted by Crippen LogP contribution is -2.27. The molecule has 0 aromatic carbocycles. The standard InChI is InChI=1S/C24H49N/c1-2-3-4-5-6-7-10-13-16-19-22-25-23-20-17-14-11-8-9-12-15-18-21-24-25/h2-24H2,1H3. The first kappa shape index (κ1) is 23.0. The van der Waals surface area contributed by atoms with Crippen molar-refractivity contribution >= 4 is 0 Å². The van der Waals surface area contributed by atoms with Crippen LogP contribution in [0.3, 0.4) is 0 Å². The Hall–Kier alpha value is -0.0400. The van der Waals surface area contributed by atoms with Gasteiger partial charge >= 0.3 is 0 Å². The average Bonchev–Trinajstić information content (AvgIpc) is 2.65. The van der Waals surface area contributed by atoms with Crippen molar-refractivity contribution in [2.75, 3.05) is 19.6 Å². The molecule has 1 saturated heterocycles. The first-order valence-electron chi connectivity index (χ1n) is 12.2. The summed E-state index contributed by atoms with van der Waals surface area (Å²) in [4.78, 5) is 2.79. The van der Waals surface area contributed by atoms with E-state index in [1.54, 1.807) is 0 Å². The number of hydrogen-bond acceptors (Lipinski definition) is 1. The van der Waals surface area contributed by atoms with Crippen molar-refractivity contribution in [1.29, 1.82) is 0 Å². The van der Waals surface area contributed by atoms with Gasteiger partial charge in [-0.3, -0.25) is 0 Å². The highest BCUT2D eigenvalue weighted by atomic mass is 15.1. The molecule has 0 atom stereocenters. The van der Waals surface area contributed by atoms with Gasteiger partial charge in [0, 0.05) is 0 Å². The summed E-state index contributed by atoms with van der Waals surface area (Å²) in [6.07, 6.45) is 29.3. The quantitative estimate of drug-likeness (QED) is 0.340. The van der Waals surface area contributed by atoms with Gasteiger partial charge in [0.25, 0.3) is 0 Å². The van der Waals surface area contributed by atoms with Crippen LogP contribution in [0, 0.1) is 0 Å². The third-order valence-corrected chi connectivity index (χ3v) is 6.03. The molecule has 150 valence electrons. The maximum atomic E-state index is 2.79. The maximum absolute atomic E-state index is 2.79. The van der Waals surface area contributed by atoms with Crippen molar-refractivity contribution < 1.29 is 0 Å². The zero-order valence-electron chi connectivity index (χ0n) is 17.7. The molecule has 0 aromatic rings. The molecule has 1 fully saturated rings. The van der Waals surface area contributed by atoms with E-state index < -0.39 is 0 Å². The zero-order valence-corrected chi connectivity index (χ0v) is 17.7. The van der Waals surface area contributed by atoms with Crippen LogP contribution in [0.1, 0.15) is 135 Å². The summed E-state index contributed by atoms with van der Waals surface area (Å²) in [5, 5.41) is 0. The smallest absolute Gasteiger partial charge is 0.00187 e. The predicted octanol–water partition coefficient (Wildman–Crippen LogP) is 8.12. The van der Waals surface area contributed by atoms with Crippen LogP contribution in [0.15, 0.2) is 0 Å². The third kappa shape index (κ3) is 15.9. The number of unbranched alkanes of at least 4 members (excludes halogenated alkanes) is 9. The molecule has 1 aliphatic rings. The van der Waals surface area contributed by atoms with E-state index in [0.717, 1.165) is 0 Å². The van der Waals surface area contributed by atoms with E-state index >= 15 is 0 Å². The van der Waals surface area contributed by atoms with Gasteiger partial charge in [-0.2, -0.15) is 0 Å². The Morgan fingerprint density at radius 3 is 1.24 bits per heavy atom. The van der Waals surface area contributed by atoms with Crippen molar-refractivity contribution in [3.8, 4) is 0 Å². The molecule has 1 heterocycles. The molecule has 0 N–H and O–H groups in total. The monoisotopic (exact) mass is 351 g/mol. The fourth-order valence-corrected chi connectivity index (χ4v) is 4.24. The van der Waals surface area contributed by atoms with E-state index in [9.17, 15) is 0 Å². The molecule has 1 rings (SSSR count). The molecule has 0 unspecified atom stereocenters. The number of nitrogens with zero attached hydrogens (tertiary/aromatic N) is 1. The van der Waals surface area contributed by atoms with Crippen molar-refractivity contribution in [3.63, 3.8) is 0 Å². The molecule has 0 bridgehead atoms. The van der Waals surface area contributed by atoms with E-state index in [0.29, 0.717) is 0 Å². The van der Waals surface area contributed by atoms with Gasteiger partial charge in [-0.15, -0.1) is 0 Å². The van der Waals surface area contributed by atoms with E-state index in [-0.39, 0.29) is 0 Å². The lowest BCUT2D eigenvalue weighted by molar-refractivity contribution is 0.255. The Kier molecular flexibility index (Phi) is 17.2. The van der Waals surface area contributed by atoms with E-state index in [1.165, 1.54) is 148 Å². The van der Waals surface area contributed by atoms with E-state index in [4.69, 9.17) is 0 Å². The van der Waals surface area contributed by atoms with Crippen LogP contribution in [0.4, 0.5) is 0 Å². The molecular weight excluding hydrogens is 302 g/mol. The second kappa shape index (κ2) is 18.7. The molecule has 0 saturated carbocycles. The lowest BCUT2D eigenvalue weighted by atomic mass is 10.1. The van der Waals surface area contributed by atoms with Gasteiger partial charge in [-0.25, -0.2) is 0 Å². The number of rotatable bonds is 11. The molecule has 1 heteroatoms. The maximum Gasteiger partial charge on any atom is -0.00187 e. The third-order valence-electron chi connectivity index (χ3n) is 6.03. The minimum atomic E-state index is 1.37. The normalized spacial score (nSPS) is 19.1. The minimum Gasteiger partial charge on any atom is -0.303 e. The minimum absolute atomic E-state index is 1.37. The predicted molar refractivity (Wildman–Crippen MR) is 114 cm³/mol. The summed E-state index contributed by atoms with van der Waals surface area (Å²) in [5.74, 6) is 0. The molecule has 0 aromatic heterocycles. The van der Waals surface area contributed by atoms with E-state index in [2.05, 4.69) is 11.8 Å². The summed E-state index contributed by atoms with van der Waals surface area (Å²) in [7, 11) is 0. The van der Waals surface area contributed by atoms with Crippen molar-refractivity contribution in [1.82, 2.24) is 4.90 Å². The topological polar surface area (TPSA) is 3.24 Å². The molecule has 0 radical (unpaired) electrons. The fraction of sp³-hybridized carbons (Fsp3) is 1.00. The Balaban J connectivity index is 1.99. The van der Waals surface area contributed by atoms with Crippen LogP contribution in [0.25, 0.3) is 0 Å². The highest BCUT2D eigenvalue weighted by molar-refractivity contribution is 4.61. The zero-order chi connectivity index (χ0) is 17.8. The highest BCUT2D eigenvalue weighted by Gasteiger charge is 2.05. The van der Waals surface area contributed by atoms with Gasteiger partial charge in [0.05, 0.1) is 0 Å². The SMILES string of the molecule is CCCCCCCCCCCCN1CCCCCCCCCCCC1. The Morgan fingerprint density at radius 2 is 0.800 bits per heavy atom. The summed E-state index contributed by atoms with van der Waals surface area (Å²) >= 11 is 0. The second-order valence-corrected chi connectivity index (χ2v) is 8.56. The lowest BCUT2D eigenvalue weighted by Gasteiger charge is -2.22. The molecule has 0 aliphatic carbocycles. The van der Waals surface area contributed by atoms with Gasteiger partial charge in [0.15, 0.2) is 0 Å². The van der Waals surface area contributed by atoms with Crippen LogP contribution in [-0.4, -0.2) is 24.5 Å². The van der Waals surface area contributed by atoms with Crippen LogP contribution >= 0.6 is 0 Å². The summed E-state index contributed by atoms with van der Waals surface area (Å²) in [5.41, 5.74) is 0. The van der Waals surface area contributed by atoms with Gasteiger partial charge in [-0.05, 0) is 38.9 Å². The fourth-order valence-electron chi connectivity index (χ4n) is 4.24. The summed E-state index contributed by atoms with van der Waals surface area (Å²) < 4.78 is 0. The van der Waals surface area contributed by atoms with Crippen LogP contribution in [-0.2, 0) is 0 Å². The van der Waals surface area contributed by atoms with Crippen molar-refractivity contribution in [2.45, 2.75) is 135 Å². The first-order chi connectivity index (χ1) is 12.4. The van der Waals surface area contributed by atoms with Gasteiger partial charge in [0.1, 0.15) is 0 Å². The van der Waals surface area contributed by atoms with Gasteiger partial charge in [0.2, 0.25) is 0 Å². The number of hydrogen-bond donors (Lipinski definition) is 0. The second-order valence-electron chi connectivity index (χ2n) is 8.56. The van der Waals surface area contributed by atoms with Crippen molar-refractivity contribution in [3.05, 3.63) is 0 Å². The van der Waals surface area contributed by atoms with Crippen molar-refractivity contribution in [2.24, 2.45) is 0 Å². The van der Waals surface area contributed by atoms with Crippen LogP contribution in [0.5, 0.6) is 0 Å². The van der Waals surface area contributed by atoms with Crippen LogP contribution in [0.2, 0.25) is 0 Å². The molecule has 25 heavy (non-hydrogen) atoms. The summed E-state index contributed by atoms with van der Waals surface area (Å²) in [6, 6.07) is 0. The average molecular weight is 352 g/mol. The van der Waals surface area contributed by atoms with E-state index in [1.807, 2.05) is 0 Å². The van der Waals surface area contributed by atoms with Gasteiger partial charge < -0.3 is 4.90 Å².